The van der Waals surface area contributed by atoms with E-state index in [0.29, 0.717) is 17.3 Å². The SMILES string of the molecule is CNc1cccc(N(C)CC2CCN(C)C2)c1[N+](=O)[O-]. The number of anilines is 2. The molecule has 0 spiro atoms. The first-order valence-corrected chi connectivity index (χ1v) is 6.87. The Hall–Kier alpha value is -1.82. The van der Waals surface area contributed by atoms with Crippen molar-refractivity contribution < 1.29 is 4.92 Å². The fourth-order valence-electron chi connectivity index (χ4n) is 2.89. The zero-order chi connectivity index (χ0) is 14.7. The van der Waals surface area contributed by atoms with Crippen LogP contribution in [0.2, 0.25) is 0 Å². The molecule has 20 heavy (non-hydrogen) atoms. The molecule has 1 aliphatic heterocycles. The van der Waals surface area contributed by atoms with Gasteiger partial charge in [0.1, 0.15) is 11.4 Å². The van der Waals surface area contributed by atoms with Crippen LogP contribution in [0.25, 0.3) is 0 Å². The van der Waals surface area contributed by atoms with E-state index in [-0.39, 0.29) is 10.6 Å². The Balaban J connectivity index is 2.20. The van der Waals surface area contributed by atoms with E-state index in [1.54, 1.807) is 13.1 Å². The van der Waals surface area contributed by atoms with Crippen molar-refractivity contribution in [1.29, 1.82) is 0 Å². The van der Waals surface area contributed by atoms with Crippen LogP contribution in [0, 0.1) is 16.0 Å². The lowest BCUT2D eigenvalue weighted by Gasteiger charge is -2.23. The van der Waals surface area contributed by atoms with E-state index in [2.05, 4.69) is 17.3 Å². The average molecular weight is 278 g/mol. The Morgan fingerprint density at radius 3 is 2.85 bits per heavy atom. The number of hydrogen-bond donors (Lipinski definition) is 1. The van der Waals surface area contributed by atoms with Gasteiger partial charge < -0.3 is 15.1 Å². The molecule has 1 heterocycles. The Kier molecular flexibility index (Phi) is 4.44. The van der Waals surface area contributed by atoms with Gasteiger partial charge in [0.2, 0.25) is 0 Å². The number of nitrogens with zero attached hydrogens (tertiary/aromatic N) is 3. The first-order chi connectivity index (χ1) is 9.52. The summed E-state index contributed by atoms with van der Waals surface area (Å²) in [6.45, 7) is 3.01. The molecular formula is C14H22N4O2. The molecule has 1 aliphatic rings. The van der Waals surface area contributed by atoms with Crippen molar-refractivity contribution in [3.63, 3.8) is 0 Å². The molecule has 110 valence electrons. The molecule has 0 amide bonds. The van der Waals surface area contributed by atoms with Crippen LogP contribution in [-0.4, -0.2) is 50.6 Å². The minimum absolute atomic E-state index is 0.156. The van der Waals surface area contributed by atoms with Crippen LogP contribution in [0.5, 0.6) is 0 Å². The van der Waals surface area contributed by atoms with Gasteiger partial charge in [-0.3, -0.25) is 10.1 Å². The van der Waals surface area contributed by atoms with Gasteiger partial charge in [0, 0.05) is 27.2 Å². The van der Waals surface area contributed by atoms with Crippen LogP contribution in [-0.2, 0) is 0 Å². The number of likely N-dealkylation sites (tertiary alicyclic amines) is 1. The van der Waals surface area contributed by atoms with E-state index in [9.17, 15) is 10.1 Å². The fraction of sp³-hybridized carbons (Fsp3) is 0.571. The summed E-state index contributed by atoms with van der Waals surface area (Å²) < 4.78 is 0. The van der Waals surface area contributed by atoms with Crippen molar-refractivity contribution in [2.45, 2.75) is 6.42 Å². The van der Waals surface area contributed by atoms with Gasteiger partial charge in [0.05, 0.1) is 4.92 Å². The van der Waals surface area contributed by atoms with Gasteiger partial charge in [0.15, 0.2) is 0 Å². The van der Waals surface area contributed by atoms with Crippen molar-refractivity contribution in [2.24, 2.45) is 5.92 Å². The highest BCUT2D eigenvalue weighted by Crippen LogP contribution is 2.35. The van der Waals surface area contributed by atoms with Gasteiger partial charge in [0.25, 0.3) is 0 Å². The summed E-state index contributed by atoms with van der Waals surface area (Å²) in [4.78, 5) is 15.3. The molecule has 1 saturated heterocycles. The van der Waals surface area contributed by atoms with Gasteiger partial charge in [-0.1, -0.05) is 6.07 Å². The normalized spacial score (nSPS) is 19.1. The van der Waals surface area contributed by atoms with Gasteiger partial charge in [-0.05, 0) is 38.1 Å². The minimum atomic E-state index is -0.307. The number of rotatable bonds is 5. The molecule has 0 aromatic heterocycles. The summed E-state index contributed by atoms with van der Waals surface area (Å²) in [7, 11) is 5.75. The standard InChI is InChI=1S/C14H22N4O2/c1-15-12-5-4-6-13(14(12)18(19)20)17(3)10-11-7-8-16(2)9-11/h4-6,11,15H,7-10H2,1-3H3. The summed E-state index contributed by atoms with van der Waals surface area (Å²) in [5.41, 5.74) is 1.39. The highest BCUT2D eigenvalue weighted by Gasteiger charge is 2.25. The van der Waals surface area contributed by atoms with Crippen LogP contribution >= 0.6 is 0 Å². The molecule has 2 rings (SSSR count). The molecule has 1 aromatic rings. The van der Waals surface area contributed by atoms with Gasteiger partial charge in [-0.15, -0.1) is 0 Å². The number of para-hydroxylation sites is 1. The van der Waals surface area contributed by atoms with E-state index in [4.69, 9.17) is 0 Å². The molecule has 1 aromatic carbocycles. The molecule has 1 fully saturated rings. The van der Waals surface area contributed by atoms with Crippen molar-refractivity contribution in [3.05, 3.63) is 28.3 Å². The lowest BCUT2D eigenvalue weighted by Crippen LogP contribution is -2.27. The molecule has 6 heteroatoms. The average Bonchev–Trinajstić information content (AvgIpc) is 2.82. The predicted octanol–water partition coefficient (Wildman–Crippen LogP) is 2.02. The number of hydrogen-bond acceptors (Lipinski definition) is 5. The third kappa shape index (κ3) is 3.01. The smallest absolute Gasteiger partial charge is 0.315 e. The molecule has 1 N–H and O–H groups in total. The summed E-state index contributed by atoms with van der Waals surface area (Å²) >= 11 is 0. The minimum Gasteiger partial charge on any atom is -0.382 e. The second-order valence-electron chi connectivity index (χ2n) is 5.48. The van der Waals surface area contributed by atoms with Crippen molar-refractivity contribution in [1.82, 2.24) is 4.90 Å². The lowest BCUT2D eigenvalue weighted by atomic mass is 10.1. The highest BCUT2D eigenvalue weighted by molar-refractivity contribution is 5.76. The van der Waals surface area contributed by atoms with E-state index in [1.807, 2.05) is 24.1 Å². The molecule has 1 unspecified atom stereocenters. The molecule has 0 bridgehead atoms. The zero-order valence-electron chi connectivity index (χ0n) is 12.3. The van der Waals surface area contributed by atoms with Crippen LogP contribution in [0.3, 0.4) is 0 Å². The third-order valence-corrected chi connectivity index (χ3v) is 3.90. The molecule has 0 radical (unpaired) electrons. The maximum Gasteiger partial charge on any atom is 0.315 e. The van der Waals surface area contributed by atoms with Gasteiger partial charge in [-0.2, -0.15) is 0 Å². The number of nitro groups is 1. The lowest BCUT2D eigenvalue weighted by molar-refractivity contribution is -0.383. The van der Waals surface area contributed by atoms with E-state index in [0.717, 1.165) is 26.1 Å². The number of nitro benzene ring substituents is 1. The first-order valence-electron chi connectivity index (χ1n) is 6.87. The first kappa shape index (κ1) is 14.6. The Bertz CT molecular complexity index is 492. The van der Waals surface area contributed by atoms with Crippen LogP contribution in [0.4, 0.5) is 17.1 Å². The number of benzene rings is 1. The molecule has 1 atom stereocenters. The topological polar surface area (TPSA) is 61.6 Å². The maximum absolute atomic E-state index is 11.3. The van der Waals surface area contributed by atoms with Crippen LogP contribution < -0.4 is 10.2 Å². The van der Waals surface area contributed by atoms with Crippen molar-refractivity contribution in [3.8, 4) is 0 Å². The van der Waals surface area contributed by atoms with E-state index < -0.39 is 0 Å². The highest BCUT2D eigenvalue weighted by atomic mass is 16.6. The van der Waals surface area contributed by atoms with E-state index in [1.165, 1.54) is 0 Å². The Labute approximate surface area is 119 Å². The van der Waals surface area contributed by atoms with Crippen molar-refractivity contribution >= 4 is 17.1 Å². The molecule has 0 aliphatic carbocycles. The van der Waals surface area contributed by atoms with Gasteiger partial charge in [-0.25, -0.2) is 0 Å². The molecular weight excluding hydrogens is 256 g/mol. The van der Waals surface area contributed by atoms with E-state index >= 15 is 0 Å². The largest absolute Gasteiger partial charge is 0.382 e. The summed E-state index contributed by atoms with van der Waals surface area (Å²) in [6.07, 6.45) is 1.15. The summed E-state index contributed by atoms with van der Waals surface area (Å²) in [5, 5.41) is 14.2. The Morgan fingerprint density at radius 1 is 1.55 bits per heavy atom. The zero-order valence-corrected chi connectivity index (χ0v) is 12.3. The Morgan fingerprint density at radius 2 is 2.30 bits per heavy atom. The second-order valence-corrected chi connectivity index (χ2v) is 5.48. The predicted molar refractivity (Wildman–Crippen MR) is 81.5 cm³/mol. The summed E-state index contributed by atoms with van der Waals surface area (Å²) in [5.74, 6) is 0.572. The monoisotopic (exact) mass is 278 g/mol. The second kappa shape index (κ2) is 6.09. The third-order valence-electron chi connectivity index (χ3n) is 3.90. The summed E-state index contributed by atoms with van der Waals surface area (Å²) in [6, 6.07) is 5.40. The van der Waals surface area contributed by atoms with Crippen LogP contribution in [0.15, 0.2) is 18.2 Å². The number of nitrogens with one attached hydrogen (secondary N) is 1. The van der Waals surface area contributed by atoms with Crippen LogP contribution in [0.1, 0.15) is 6.42 Å². The van der Waals surface area contributed by atoms with Crippen molar-refractivity contribution in [2.75, 3.05) is 51.0 Å². The fourth-order valence-corrected chi connectivity index (χ4v) is 2.89. The van der Waals surface area contributed by atoms with Gasteiger partial charge >= 0.3 is 5.69 Å². The molecule has 6 nitrogen and oxygen atoms in total. The quantitative estimate of drug-likeness (QED) is 0.659. The molecule has 0 saturated carbocycles. The maximum atomic E-state index is 11.3.